The van der Waals surface area contributed by atoms with E-state index in [-0.39, 0.29) is 10.6 Å². The molecule has 1 saturated heterocycles. The maximum absolute atomic E-state index is 12.2. The summed E-state index contributed by atoms with van der Waals surface area (Å²) in [5.41, 5.74) is 6.11. The van der Waals surface area contributed by atoms with Crippen LogP contribution in [0.25, 0.3) is 0 Å². The lowest BCUT2D eigenvalue weighted by Gasteiger charge is -2.26. The number of nitrogens with two attached hydrogens (primary N) is 1. The van der Waals surface area contributed by atoms with Crippen LogP contribution in [0.2, 0.25) is 0 Å². The first-order valence-corrected chi connectivity index (χ1v) is 8.10. The Balaban J connectivity index is 1.96. The molecule has 0 aliphatic carbocycles. The van der Waals surface area contributed by atoms with Crippen LogP contribution in [0.5, 0.6) is 0 Å². The molecule has 0 unspecified atom stereocenters. The standard InChI is InChI=1S/C13H18N4O3S/c14-10-11-1-2-13(12(15)9-11)21(18,19)16-3-4-17-5-7-20-8-6-17/h1-2,9,16H,3-8,15H2. The first-order valence-electron chi connectivity index (χ1n) is 6.62. The smallest absolute Gasteiger partial charge is 0.242 e. The minimum absolute atomic E-state index is 0.00322. The Morgan fingerprint density at radius 1 is 1.38 bits per heavy atom. The molecule has 1 aliphatic rings. The highest BCUT2D eigenvalue weighted by Crippen LogP contribution is 2.19. The van der Waals surface area contributed by atoms with Crippen LogP contribution in [0, 0.1) is 11.3 Å². The number of hydrogen-bond acceptors (Lipinski definition) is 6. The van der Waals surface area contributed by atoms with E-state index in [2.05, 4.69) is 9.62 Å². The van der Waals surface area contributed by atoms with Crippen LogP contribution in [0.15, 0.2) is 23.1 Å². The molecule has 2 rings (SSSR count). The second kappa shape index (κ2) is 6.87. The number of nitriles is 1. The number of benzene rings is 1. The quantitative estimate of drug-likeness (QED) is 0.726. The van der Waals surface area contributed by atoms with Crippen molar-refractivity contribution < 1.29 is 13.2 Å². The summed E-state index contributed by atoms with van der Waals surface area (Å²) in [6.45, 7) is 3.90. The van der Waals surface area contributed by atoms with E-state index in [1.54, 1.807) is 0 Å². The monoisotopic (exact) mass is 310 g/mol. The Bertz CT molecular complexity index is 633. The maximum Gasteiger partial charge on any atom is 0.242 e. The molecule has 1 aliphatic heterocycles. The predicted octanol–water partition coefficient (Wildman–Crippen LogP) is -0.249. The average Bonchev–Trinajstić information content (AvgIpc) is 2.47. The molecule has 1 heterocycles. The highest BCUT2D eigenvalue weighted by molar-refractivity contribution is 7.89. The van der Waals surface area contributed by atoms with E-state index in [1.807, 2.05) is 6.07 Å². The molecule has 0 atom stereocenters. The number of nitrogen functional groups attached to an aromatic ring is 1. The van der Waals surface area contributed by atoms with Gasteiger partial charge in [0.25, 0.3) is 0 Å². The van der Waals surface area contributed by atoms with Crippen LogP contribution < -0.4 is 10.5 Å². The third-order valence-electron chi connectivity index (χ3n) is 3.25. The molecule has 0 aromatic heterocycles. The molecule has 114 valence electrons. The second-order valence-corrected chi connectivity index (χ2v) is 6.45. The Hall–Kier alpha value is -1.66. The van der Waals surface area contributed by atoms with Crippen LogP contribution in [-0.2, 0) is 14.8 Å². The Labute approximate surface area is 124 Å². The van der Waals surface area contributed by atoms with Crippen molar-refractivity contribution >= 4 is 15.7 Å². The summed E-state index contributed by atoms with van der Waals surface area (Å²) in [6.07, 6.45) is 0. The normalized spacial score (nSPS) is 16.5. The van der Waals surface area contributed by atoms with E-state index >= 15 is 0 Å². The highest BCUT2D eigenvalue weighted by atomic mass is 32.2. The molecule has 1 aromatic carbocycles. The largest absolute Gasteiger partial charge is 0.398 e. The minimum atomic E-state index is -3.66. The van der Waals surface area contributed by atoms with Crippen molar-refractivity contribution in [3.05, 3.63) is 23.8 Å². The van der Waals surface area contributed by atoms with Crippen molar-refractivity contribution in [2.75, 3.05) is 45.1 Å². The maximum atomic E-state index is 12.2. The van der Waals surface area contributed by atoms with Gasteiger partial charge in [-0.05, 0) is 18.2 Å². The van der Waals surface area contributed by atoms with Gasteiger partial charge in [0.1, 0.15) is 4.90 Å². The van der Waals surface area contributed by atoms with Crippen LogP contribution in [0.1, 0.15) is 5.56 Å². The fraction of sp³-hybridized carbons (Fsp3) is 0.462. The number of morpholine rings is 1. The molecular formula is C13H18N4O3S. The van der Waals surface area contributed by atoms with E-state index in [9.17, 15) is 8.42 Å². The number of anilines is 1. The zero-order chi connectivity index (χ0) is 15.3. The van der Waals surface area contributed by atoms with E-state index < -0.39 is 10.0 Å². The van der Waals surface area contributed by atoms with E-state index in [0.717, 1.165) is 13.1 Å². The lowest BCUT2D eigenvalue weighted by molar-refractivity contribution is 0.0390. The van der Waals surface area contributed by atoms with Crippen molar-refractivity contribution in [3.8, 4) is 6.07 Å². The molecule has 0 radical (unpaired) electrons. The predicted molar refractivity (Wildman–Crippen MR) is 78.0 cm³/mol. The molecule has 0 bridgehead atoms. The van der Waals surface area contributed by atoms with E-state index in [1.165, 1.54) is 18.2 Å². The van der Waals surface area contributed by atoms with Crippen molar-refractivity contribution in [1.82, 2.24) is 9.62 Å². The molecule has 8 heteroatoms. The van der Waals surface area contributed by atoms with Gasteiger partial charge in [-0.2, -0.15) is 5.26 Å². The third-order valence-corrected chi connectivity index (χ3v) is 4.79. The zero-order valence-corrected chi connectivity index (χ0v) is 12.4. The van der Waals surface area contributed by atoms with Crippen LogP contribution in [0.4, 0.5) is 5.69 Å². The summed E-state index contributed by atoms with van der Waals surface area (Å²) < 4.78 is 32.1. The minimum Gasteiger partial charge on any atom is -0.398 e. The van der Waals surface area contributed by atoms with Gasteiger partial charge in [-0.3, -0.25) is 4.90 Å². The number of ether oxygens (including phenoxy) is 1. The van der Waals surface area contributed by atoms with Crippen molar-refractivity contribution in [2.45, 2.75) is 4.90 Å². The summed E-state index contributed by atoms with van der Waals surface area (Å²) in [7, 11) is -3.66. The SMILES string of the molecule is N#Cc1ccc(S(=O)(=O)NCCN2CCOCC2)c(N)c1. The molecule has 7 nitrogen and oxygen atoms in total. The number of nitrogens with one attached hydrogen (secondary N) is 1. The lowest BCUT2D eigenvalue weighted by atomic mass is 10.2. The topological polar surface area (TPSA) is 108 Å². The van der Waals surface area contributed by atoms with Gasteiger partial charge in [0.05, 0.1) is 30.5 Å². The molecule has 21 heavy (non-hydrogen) atoms. The second-order valence-electron chi connectivity index (χ2n) is 4.72. The zero-order valence-electron chi connectivity index (χ0n) is 11.6. The lowest BCUT2D eigenvalue weighted by Crippen LogP contribution is -2.41. The highest BCUT2D eigenvalue weighted by Gasteiger charge is 2.18. The van der Waals surface area contributed by atoms with Gasteiger partial charge >= 0.3 is 0 Å². The molecular weight excluding hydrogens is 292 g/mol. The molecule has 0 spiro atoms. The number of rotatable bonds is 5. The fourth-order valence-corrected chi connectivity index (χ4v) is 3.24. The van der Waals surface area contributed by atoms with Gasteiger partial charge in [0, 0.05) is 26.2 Å². The number of hydrogen-bond donors (Lipinski definition) is 2. The van der Waals surface area contributed by atoms with Gasteiger partial charge in [-0.15, -0.1) is 0 Å². The van der Waals surface area contributed by atoms with Crippen molar-refractivity contribution in [2.24, 2.45) is 0 Å². The molecule has 0 amide bonds. The molecule has 3 N–H and O–H groups in total. The van der Waals surface area contributed by atoms with Crippen molar-refractivity contribution in [1.29, 1.82) is 5.26 Å². The molecule has 1 fully saturated rings. The third kappa shape index (κ3) is 4.15. The van der Waals surface area contributed by atoms with Gasteiger partial charge in [-0.1, -0.05) is 0 Å². The van der Waals surface area contributed by atoms with E-state index in [0.29, 0.717) is 31.9 Å². The summed E-state index contributed by atoms with van der Waals surface area (Å²) in [4.78, 5) is 2.14. The van der Waals surface area contributed by atoms with Gasteiger partial charge in [0.2, 0.25) is 10.0 Å². The number of nitrogens with zero attached hydrogens (tertiary/aromatic N) is 2. The Kier molecular flexibility index (Phi) is 5.14. The summed E-state index contributed by atoms with van der Waals surface area (Å²) in [6, 6.07) is 6.07. The van der Waals surface area contributed by atoms with Gasteiger partial charge < -0.3 is 10.5 Å². The van der Waals surface area contributed by atoms with Gasteiger partial charge in [-0.25, -0.2) is 13.1 Å². The van der Waals surface area contributed by atoms with Crippen LogP contribution in [0.3, 0.4) is 0 Å². The number of sulfonamides is 1. The van der Waals surface area contributed by atoms with Crippen LogP contribution >= 0.6 is 0 Å². The fourth-order valence-electron chi connectivity index (χ4n) is 2.10. The van der Waals surface area contributed by atoms with E-state index in [4.69, 9.17) is 15.7 Å². The summed E-state index contributed by atoms with van der Waals surface area (Å²) >= 11 is 0. The molecule has 1 aromatic rings. The summed E-state index contributed by atoms with van der Waals surface area (Å²) in [5, 5.41) is 8.76. The van der Waals surface area contributed by atoms with Crippen molar-refractivity contribution in [3.63, 3.8) is 0 Å². The first kappa shape index (κ1) is 15.7. The Morgan fingerprint density at radius 2 is 2.10 bits per heavy atom. The Morgan fingerprint density at radius 3 is 2.71 bits per heavy atom. The van der Waals surface area contributed by atoms with Gasteiger partial charge in [0.15, 0.2) is 0 Å². The summed E-state index contributed by atoms with van der Waals surface area (Å²) in [5.74, 6) is 0. The first-order chi connectivity index (χ1) is 10.0. The average molecular weight is 310 g/mol. The molecule has 0 saturated carbocycles. The van der Waals surface area contributed by atoms with Crippen LogP contribution in [-0.4, -0.2) is 52.7 Å².